The highest BCUT2D eigenvalue weighted by atomic mass is 19.1. The van der Waals surface area contributed by atoms with Crippen LogP contribution in [0.1, 0.15) is 63.0 Å². The fraction of sp³-hybridized carbons (Fsp3) is 0.500. The van der Waals surface area contributed by atoms with E-state index in [1.165, 1.54) is 12.1 Å². The van der Waals surface area contributed by atoms with Crippen LogP contribution >= 0.6 is 0 Å². The van der Waals surface area contributed by atoms with Crippen LogP contribution < -0.4 is 5.32 Å². The van der Waals surface area contributed by atoms with E-state index < -0.39 is 12.1 Å². The van der Waals surface area contributed by atoms with Crippen molar-refractivity contribution < 1.29 is 23.5 Å². The van der Waals surface area contributed by atoms with Crippen LogP contribution in [0.3, 0.4) is 0 Å². The first-order valence-corrected chi connectivity index (χ1v) is 14.9. The monoisotopic (exact) mass is 579 g/mol. The summed E-state index contributed by atoms with van der Waals surface area (Å²) in [7, 11) is 0. The fourth-order valence-corrected chi connectivity index (χ4v) is 5.36. The number of pyridine rings is 1. The minimum absolute atomic E-state index is 0.180. The Morgan fingerprint density at radius 1 is 1.14 bits per heavy atom. The van der Waals surface area contributed by atoms with E-state index >= 15 is 0 Å². The van der Waals surface area contributed by atoms with Gasteiger partial charge in [0.1, 0.15) is 23.2 Å². The number of rotatable bonds is 13. The Labute approximate surface area is 247 Å². The third-order valence-corrected chi connectivity index (χ3v) is 8.07. The highest BCUT2D eigenvalue weighted by Crippen LogP contribution is 2.22. The number of hydrogen-bond donors (Lipinski definition) is 1. The zero-order valence-corrected chi connectivity index (χ0v) is 25.0. The maximum Gasteiger partial charge on any atom is 0.274 e. The standard InChI is InChI=1S/C32H42FN5O4/c1-5-22(3)30(39)35-29(23(4)42-6-2)32(41)38-18-9-10-26(38)20-37(19-16-24-12-14-25(33)15-13-24)31(40)27-21-36-17-8-7-11-28(36)34-27/h7-8,11-15,17,21-23,26,29H,5-6,9-10,16,18-20H2,1-4H3,(H,35,39)/t22-,23-,26+,29+/m1/s1. The molecule has 9 nitrogen and oxygen atoms in total. The zero-order valence-electron chi connectivity index (χ0n) is 25.0. The molecule has 4 rings (SSSR count). The molecule has 1 aliphatic heterocycles. The summed E-state index contributed by atoms with van der Waals surface area (Å²) in [5, 5.41) is 2.94. The van der Waals surface area contributed by atoms with Crippen LogP contribution in [0.15, 0.2) is 54.9 Å². The minimum Gasteiger partial charge on any atom is -0.376 e. The van der Waals surface area contributed by atoms with Crippen molar-refractivity contribution in [3.8, 4) is 0 Å². The Hall–Kier alpha value is -3.79. The normalized spacial score (nSPS) is 17.2. The van der Waals surface area contributed by atoms with Crippen LogP contribution in [0.4, 0.5) is 4.39 Å². The van der Waals surface area contributed by atoms with Gasteiger partial charge >= 0.3 is 0 Å². The zero-order chi connectivity index (χ0) is 30.2. The number of benzene rings is 1. The molecule has 0 saturated carbocycles. The van der Waals surface area contributed by atoms with Gasteiger partial charge in [-0.1, -0.05) is 32.0 Å². The minimum atomic E-state index is -0.825. The summed E-state index contributed by atoms with van der Waals surface area (Å²) in [6, 6.07) is 10.8. The van der Waals surface area contributed by atoms with Gasteiger partial charge in [-0.2, -0.15) is 0 Å². The van der Waals surface area contributed by atoms with Crippen molar-refractivity contribution in [2.24, 2.45) is 5.92 Å². The molecule has 10 heteroatoms. The molecule has 3 amide bonds. The summed E-state index contributed by atoms with van der Waals surface area (Å²) >= 11 is 0. The lowest BCUT2D eigenvalue weighted by atomic mass is 10.1. The number of likely N-dealkylation sites (tertiary alicyclic amines) is 1. The molecule has 1 fully saturated rings. The second-order valence-corrected chi connectivity index (χ2v) is 11.0. The predicted octanol–water partition coefficient (Wildman–Crippen LogP) is 4.11. The quantitative estimate of drug-likeness (QED) is 0.329. The van der Waals surface area contributed by atoms with Crippen molar-refractivity contribution in [2.45, 2.75) is 71.6 Å². The van der Waals surface area contributed by atoms with E-state index in [1.54, 1.807) is 39.5 Å². The number of nitrogens with zero attached hydrogens (tertiary/aromatic N) is 4. The number of hydrogen-bond acceptors (Lipinski definition) is 5. The van der Waals surface area contributed by atoms with Gasteiger partial charge in [-0.3, -0.25) is 14.4 Å². The number of ether oxygens (including phenoxy) is 1. The lowest BCUT2D eigenvalue weighted by Gasteiger charge is -2.34. The Kier molecular flexibility index (Phi) is 10.7. The number of carbonyl (C=O) groups excluding carboxylic acids is 3. The van der Waals surface area contributed by atoms with Crippen LogP contribution in [0.2, 0.25) is 0 Å². The summed E-state index contributed by atoms with van der Waals surface area (Å²) in [5.74, 6) is -1.15. The van der Waals surface area contributed by atoms with Crippen LogP contribution in [0.25, 0.3) is 5.65 Å². The molecule has 0 bridgehead atoms. The van der Waals surface area contributed by atoms with Gasteiger partial charge < -0.3 is 24.3 Å². The third kappa shape index (κ3) is 7.53. The first-order valence-electron chi connectivity index (χ1n) is 14.9. The van der Waals surface area contributed by atoms with Crippen molar-refractivity contribution in [3.05, 3.63) is 71.9 Å². The molecule has 0 radical (unpaired) electrons. The van der Waals surface area contributed by atoms with Gasteiger partial charge in [-0.25, -0.2) is 9.37 Å². The molecule has 3 heterocycles. The molecule has 226 valence electrons. The van der Waals surface area contributed by atoms with Gasteiger partial charge in [-0.05, 0) is 69.4 Å². The molecule has 42 heavy (non-hydrogen) atoms. The number of carbonyl (C=O) groups is 3. The summed E-state index contributed by atoms with van der Waals surface area (Å²) in [4.78, 5) is 48.7. The van der Waals surface area contributed by atoms with E-state index in [9.17, 15) is 18.8 Å². The second-order valence-electron chi connectivity index (χ2n) is 11.0. The van der Waals surface area contributed by atoms with E-state index in [-0.39, 0.29) is 35.5 Å². The lowest BCUT2D eigenvalue weighted by Crippen LogP contribution is -2.57. The van der Waals surface area contributed by atoms with Gasteiger partial charge in [0.05, 0.1) is 6.10 Å². The maximum absolute atomic E-state index is 13.9. The highest BCUT2D eigenvalue weighted by molar-refractivity contribution is 5.93. The Bertz CT molecular complexity index is 1330. The highest BCUT2D eigenvalue weighted by Gasteiger charge is 2.38. The number of aromatic nitrogens is 2. The molecule has 0 spiro atoms. The van der Waals surface area contributed by atoms with E-state index in [0.717, 1.165) is 18.4 Å². The summed E-state index contributed by atoms with van der Waals surface area (Å²) in [5.41, 5.74) is 1.89. The van der Waals surface area contributed by atoms with Gasteiger partial charge in [0, 0.05) is 50.6 Å². The number of nitrogens with one attached hydrogen (secondary N) is 1. The second kappa shape index (κ2) is 14.4. The SMILES string of the molecule is CCO[C@H](C)[C@H](NC(=O)[C@H](C)CC)C(=O)N1CCC[C@H]1CN(CCc1ccc(F)cc1)C(=O)c1cn2ccccc2n1. The van der Waals surface area contributed by atoms with Crippen LogP contribution in [-0.4, -0.2) is 81.3 Å². The number of amides is 3. The van der Waals surface area contributed by atoms with E-state index in [1.807, 2.05) is 45.2 Å². The average molecular weight is 580 g/mol. The van der Waals surface area contributed by atoms with Gasteiger partial charge in [-0.15, -0.1) is 0 Å². The Balaban J connectivity index is 1.56. The van der Waals surface area contributed by atoms with E-state index in [2.05, 4.69) is 10.3 Å². The number of halogens is 1. The van der Waals surface area contributed by atoms with Crippen LogP contribution in [0.5, 0.6) is 0 Å². The molecule has 1 N–H and O–H groups in total. The molecule has 3 aromatic rings. The van der Waals surface area contributed by atoms with Crippen molar-refractivity contribution in [2.75, 3.05) is 26.2 Å². The Morgan fingerprint density at radius 3 is 2.60 bits per heavy atom. The van der Waals surface area contributed by atoms with Gasteiger partial charge in [0.25, 0.3) is 5.91 Å². The van der Waals surface area contributed by atoms with Crippen molar-refractivity contribution in [1.82, 2.24) is 24.5 Å². The molecule has 1 aliphatic rings. The summed E-state index contributed by atoms with van der Waals surface area (Å²) in [6.07, 6.45) is 5.75. The van der Waals surface area contributed by atoms with E-state index in [4.69, 9.17) is 4.74 Å². The van der Waals surface area contributed by atoms with E-state index in [0.29, 0.717) is 50.4 Å². The first-order chi connectivity index (χ1) is 20.2. The van der Waals surface area contributed by atoms with Crippen molar-refractivity contribution >= 4 is 23.4 Å². The molecule has 1 aromatic carbocycles. The fourth-order valence-electron chi connectivity index (χ4n) is 5.36. The smallest absolute Gasteiger partial charge is 0.274 e. The first kappa shape index (κ1) is 31.2. The molecule has 4 atom stereocenters. The topological polar surface area (TPSA) is 96.2 Å². The van der Waals surface area contributed by atoms with Gasteiger partial charge in [0.2, 0.25) is 11.8 Å². The molecular weight excluding hydrogens is 537 g/mol. The maximum atomic E-state index is 13.9. The largest absolute Gasteiger partial charge is 0.376 e. The van der Waals surface area contributed by atoms with Crippen LogP contribution in [-0.2, 0) is 20.7 Å². The van der Waals surface area contributed by atoms with Crippen molar-refractivity contribution in [1.29, 1.82) is 0 Å². The number of fused-ring (bicyclic) bond motifs is 1. The third-order valence-electron chi connectivity index (χ3n) is 8.07. The molecule has 0 aliphatic carbocycles. The predicted molar refractivity (Wildman–Crippen MR) is 158 cm³/mol. The van der Waals surface area contributed by atoms with Crippen LogP contribution in [0, 0.1) is 11.7 Å². The average Bonchev–Trinajstić information content (AvgIpc) is 3.65. The summed E-state index contributed by atoms with van der Waals surface area (Å²) < 4.78 is 21.1. The van der Waals surface area contributed by atoms with Gasteiger partial charge in [0.15, 0.2) is 0 Å². The Morgan fingerprint density at radius 2 is 1.90 bits per heavy atom. The number of imidazole rings is 1. The van der Waals surface area contributed by atoms with Crippen molar-refractivity contribution in [3.63, 3.8) is 0 Å². The molecule has 0 unspecified atom stereocenters. The molecule has 2 aromatic heterocycles. The molecule has 1 saturated heterocycles. The summed E-state index contributed by atoms with van der Waals surface area (Å²) in [6.45, 7) is 9.07. The molecular formula is C32H42FN5O4. The lowest BCUT2D eigenvalue weighted by molar-refractivity contribution is -0.142.